The molecule has 0 saturated heterocycles. The minimum atomic E-state index is -0.801. The molecular formula is C18H14N2O5S. The fraction of sp³-hybridized carbons (Fsp3) is 0.167. The van der Waals surface area contributed by atoms with Crippen LogP contribution >= 0.6 is 11.3 Å². The SMILES string of the molecule is Cc1cc(N2C(=O)C(O)=C(C(=O)c3ccc(C)o3)[C@H]2c2cccs2)no1. The Labute approximate surface area is 152 Å². The molecule has 132 valence electrons. The lowest BCUT2D eigenvalue weighted by molar-refractivity contribution is -0.117. The van der Waals surface area contributed by atoms with Crippen LogP contribution in [0.3, 0.4) is 0 Å². The molecule has 0 bridgehead atoms. The van der Waals surface area contributed by atoms with Gasteiger partial charge in [0.05, 0.1) is 5.57 Å². The van der Waals surface area contributed by atoms with Gasteiger partial charge in [-0.1, -0.05) is 11.2 Å². The van der Waals surface area contributed by atoms with Gasteiger partial charge >= 0.3 is 0 Å². The smallest absolute Gasteiger partial charge is 0.295 e. The van der Waals surface area contributed by atoms with Gasteiger partial charge in [0, 0.05) is 10.9 Å². The predicted molar refractivity (Wildman–Crippen MR) is 93.2 cm³/mol. The van der Waals surface area contributed by atoms with Gasteiger partial charge < -0.3 is 14.0 Å². The second-order valence-corrected chi connectivity index (χ2v) is 6.87. The summed E-state index contributed by atoms with van der Waals surface area (Å²) in [6.45, 7) is 3.41. The number of carbonyl (C=O) groups excluding carboxylic acids is 2. The zero-order valence-corrected chi connectivity index (χ0v) is 14.7. The Morgan fingerprint density at radius 3 is 2.65 bits per heavy atom. The van der Waals surface area contributed by atoms with Crippen molar-refractivity contribution in [3.63, 3.8) is 0 Å². The number of nitrogens with zero attached hydrogens (tertiary/aromatic N) is 2. The Hall–Kier alpha value is -3.13. The Kier molecular flexibility index (Phi) is 3.77. The summed E-state index contributed by atoms with van der Waals surface area (Å²) in [7, 11) is 0. The number of Topliss-reactive ketones (excluding diaryl/α,β-unsaturated/α-hetero) is 1. The van der Waals surface area contributed by atoms with E-state index in [2.05, 4.69) is 5.16 Å². The lowest BCUT2D eigenvalue weighted by Crippen LogP contribution is -2.30. The van der Waals surface area contributed by atoms with Crippen LogP contribution in [0.15, 0.2) is 56.0 Å². The summed E-state index contributed by atoms with van der Waals surface area (Å²) < 4.78 is 10.5. The van der Waals surface area contributed by atoms with E-state index in [-0.39, 0.29) is 17.2 Å². The molecule has 4 rings (SSSR count). The van der Waals surface area contributed by atoms with Gasteiger partial charge in [-0.25, -0.2) is 0 Å². The van der Waals surface area contributed by atoms with Crippen LogP contribution in [0.4, 0.5) is 5.82 Å². The van der Waals surface area contributed by atoms with Crippen molar-refractivity contribution in [2.75, 3.05) is 4.90 Å². The fourth-order valence-electron chi connectivity index (χ4n) is 2.95. The summed E-state index contributed by atoms with van der Waals surface area (Å²) in [5, 5.41) is 16.2. The molecule has 3 aromatic rings. The molecule has 0 radical (unpaired) electrons. The highest BCUT2D eigenvalue weighted by Gasteiger charge is 2.46. The van der Waals surface area contributed by atoms with Crippen LogP contribution in [0.5, 0.6) is 0 Å². The Morgan fingerprint density at radius 2 is 2.08 bits per heavy atom. The largest absolute Gasteiger partial charge is 0.503 e. The fourth-order valence-corrected chi connectivity index (χ4v) is 3.77. The van der Waals surface area contributed by atoms with Crippen molar-refractivity contribution >= 4 is 28.8 Å². The van der Waals surface area contributed by atoms with Crippen molar-refractivity contribution in [1.29, 1.82) is 0 Å². The third-order valence-corrected chi connectivity index (χ3v) is 5.02. The zero-order valence-electron chi connectivity index (χ0n) is 13.9. The maximum Gasteiger partial charge on any atom is 0.295 e. The minimum absolute atomic E-state index is 0.0348. The Morgan fingerprint density at radius 1 is 1.27 bits per heavy atom. The number of hydrogen-bond donors (Lipinski definition) is 1. The molecule has 0 unspecified atom stereocenters. The Balaban J connectivity index is 1.85. The topological polar surface area (TPSA) is 96.8 Å². The third kappa shape index (κ3) is 2.46. The molecule has 4 heterocycles. The van der Waals surface area contributed by atoms with Crippen LogP contribution in [0, 0.1) is 13.8 Å². The van der Waals surface area contributed by atoms with E-state index < -0.39 is 23.5 Å². The number of ketones is 1. The van der Waals surface area contributed by atoms with E-state index in [1.807, 2.05) is 11.4 Å². The van der Waals surface area contributed by atoms with Gasteiger partial charge in [-0.05, 0) is 37.4 Å². The molecule has 26 heavy (non-hydrogen) atoms. The molecule has 1 aliphatic heterocycles. The van der Waals surface area contributed by atoms with Crippen molar-refractivity contribution in [3.8, 4) is 0 Å². The first-order valence-electron chi connectivity index (χ1n) is 7.82. The van der Waals surface area contributed by atoms with Crippen LogP contribution in [0.1, 0.15) is 33.0 Å². The molecule has 7 nitrogen and oxygen atoms in total. The number of aromatic nitrogens is 1. The molecule has 1 N–H and O–H groups in total. The lowest BCUT2D eigenvalue weighted by atomic mass is 10.0. The second-order valence-electron chi connectivity index (χ2n) is 5.89. The number of amides is 1. The highest BCUT2D eigenvalue weighted by atomic mass is 32.1. The standard InChI is InChI=1S/C18H14N2O5S/c1-9-5-6-11(24-9)16(21)14-15(12-4-3-7-26-12)20(18(23)17(14)22)13-8-10(2)25-19-13/h3-8,15,22H,1-2H3/t15-/m1/s1. The number of thiophene rings is 1. The number of aliphatic hydroxyl groups is 1. The second kappa shape index (κ2) is 5.99. The molecule has 0 aromatic carbocycles. The predicted octanol–water partition coefficient (Wildman–Crippen LogP) is 3.73. The van der Waals surface area contributed by atoms with E-state index in [4.69, 9.17) is 8.94 Å². The third-order valence-electron chi connectivity index (χ3n) is 4.09. The average molecular weight is 370 g/mol. The summed E-state index contributed by atoms with van der Waals surface area (Å²) in [6.07, 6.45) is 0. The molecule has 0 aliphatic carbocycles. The van der Waals surface area contributed by atoms with E-state index in [0.717, 1.165) is 4.88 Å². The van der Waals surface area contributed by atoms with Gasteiger partial charge in [-0.3, -0.25) is 14.5 Å². The van der Waals surface area contributed by atoms with Gasteiger partial charge in [0.15, 0.2) is 17.3 Å². The van der Waals surface area contributed by atoms with E-state index >= 15 is 0 Å². The van der Waals surface area contributed by atoms with E-state index in [1.54, 1.807) is 32.0 Å². The van der Waals surface area contributed by atoms with Crippen molar-refractivity contribution < 1.29 is 23.6 Å². The van der Waals surface area contributed by atoms with Gasteiger partial charge in [-0.2, -0.15) is 0 Å². The van der Waals surface area contributed by atoms with Crippen molar-refractivity contribution in [1.82, 2.24) is 5.16 Å². The normalized spacial score (nSPS) is 17.4. The van der Waals surface area contributed by atoms with Crippen LogP contribution in [0.25, 0.3) is 0 Å². The maximum absolute atomic E-state index is 13.0. The summed E-state index contributed by atoms with van der Waals surface area (Å²) in [4.78, 5) is 27.7. The number of aryl methyl sites for hydroxylation is 2. The molecule has 1 aliphatic rings. The minimum Gasteiger partial charge on any atom is -0.503 e. The number of anilines is 1. The van der Waals surface area contributed by atoms with Crippen LogP contribution in [-0.2, 0) is 4.79 Å². The molecule has 0 fully saturated rings. The molecule has 0 spiro atoms. The first kappa shape index (κ1) is 16.3. The van der Waals surface area contributed by atoms with E-state index in [9.17, 15) is 14.7 Å². The number of rotatable bonds is 4. The average Bonchev–Trinajstić information content (AvgIpc) is 3.37. The monoisotopic (exact) mass is 370 g/mol. The number of furan rings is 1. The molecule has 0 saturated carbocycles. The molecule has 8 heteroatoms. The number of carbonyl (C=O) groups is 2. The maximum atomic E-state index is 13.0. The summed E-state index contributed by atoms with van der Waals surface area (Å²) >= 11 is 1.37. The first-order valence-corrected chi connectivity index (χ1v) is 8.70. The van der Waals surface area contributed by atoms with E-state index in [1.165, 1.54) is 22.3 Å². The highest BCUT2D eigenvalue weighted by molar-refractivity contribution is 7.10. The van der Waals surface area contributed by atoms with Crippen molar-refractivity contribution in [2.24, 2.45) is 0 Å². The van der Waals surface area contributed by atoms with Gasteiger partial charge in [0.25, 0.3) is 5.91 Å². The van der Waals surface area contributed by atoms with Crippen molar-refractivity contribution in [2.45, 2.75) is 19.9 Å². The van der Waals surface area contributed by atoms with Gasteiger partial charge in [0.2, 0.25) is 5.78 Å². The number of aliphatic hydroxyl groups excluding tert-OH is 1. The van der Waals surface area contributed by atoms with Gasteiger partial charge in [-0.15, -0.1) is 11.3 Å². The quantitative estimate of drug-likeness (QED) is 0.703. The van der Waals surface area contributed by atoms with Gasteiger partial charge in [0.1, 0.15) is 17.6 Å². The van der Waals surface area contributed by atoms with Crippen LogP contribution in [0.2, 0.25) is 0 Å². The first-order chi connectivity index (χ1) is 12.5. The summed E-state index contributed by atoms with van der Waals surface area (Å²) in [5.41, 5.74) is -0.0348. The highest BCUT2D eigenvalue weighted by Crippen LogP contribution is 2.43. The van der Waals surface area contributed by atoms with Crippen LogP contribution < -0.4 is 4.90 Å². The molecule has 3 aromatic heterocycles. The molecule has 1 amide bonds. The lowest BCUT2D eigenvalue weighted by Gasteiger charge is -2.22. The number of hydrogen-bond acceptors (Lipinski definition) is 7. The summed E-state index contributed by atoms with van der Waals surface area (Å²) in [5.74, 6) is -0.475. The summed E-state index contributed by atoms with van der Waals surface area (Å²) in [6, 6.07) is 7.56. The zero-order chi connectivity index (χ0) is 18.4. The molecule has 1 atom stereocenters. The van der Waals surface area contributed by atoms with E-state index in [0.29, 0.717) is 11.5 Å². The van der Waals surface area contributed by atoms with Crippen LogP contribution in [-0.4, -0.2) is 22.0 Å². The van der Waals surface area contributed by atoms with Crippen molar-refractivity contribution in [3.05, 3.63) is 69.2 Å². The Bertz CT molecular complexity index is 1030. The molecular weight excluding hydrogens is 356 g/mol.